The first-order valence-corrected chi connectivity index (χ1v) is 16.1. The van der Waals surface area contributed by atoms with Gasteiger partial charge in [0.2, 0.25) is 0 Å². The topological polar surface area (TPSA) is 108 Å². The number of hydrogen-bond donors (Lipinski definition) is 2. The van der Waals surface area contributed by atoms with Crippen molar-refractivity contribution in [2.24, 2.45) is 24.6 Å². The molecule has 2 saturated heterocycles. The predicted octanol–water partition coefficient (Wildman–Crippen LogP) is 5.77. The van der Waals surface area contributed by atoms with Gasteiger partial charge in [-0.15, -0.1) is 0 Å². The largest absolute Gasteiger partial charge is 0.494 e. The number of carbonyl (C=O) groups is 1. The number of alkyl halides is 2. The van der Waals surface area contributed by atoms with Gasteiger partial charge in [0.15, 0.2) is 5.82 Å². The van der Waals surface area contributed by atoms with Crippen LogP contribution in [0.5, 0.6) is 5.75 Å². The van der Waals surface area contributed by atoms with Crippen molar-refractivity contribution in [3.63, 3.8) is 0 Å². The summed E-state index contributed by atoms with van der Waals surface area (Å²) >= 11 is 0. The van der Waals surface area contributed by atoms with Gasteiger partial charge < -0.3 is 29.8 Å². The first-order valence-electron chi connectivity index (χ1n) is 16.1. The summed E-state index contributed by atoms with van der Waals surface area (Å²) < 4.78 is 37.3. The van der Waals surface area contributed by atoms with Crippen molar-refractivity contribution in [3.8, 4) is 17.3 Å². The van der Waals surface area contributed by atoms with Crippen LogP contribution in [0.3, 0.4) is 0 Å². The van der Waals surface area contributed by atoms with E-state index in [0.29, 0.717) is 40.9 Å². The highest BCUT2D eigenvalue weighted by Crippen LogP contribution is 2.41. The second kappa shape index (κ2) is 11.1. The highest BCUT2D eigenvalue weighted by Gasteiger charge is 2.41. The maximum absolute atomic E-state index is 13.9. The molecule has 240 valence electrons. The van der Waals surface area contributed by atoms with Crippen molar-refractivity contribution < 1.29 is 18.3 Å². The molecular formula is C34H38F2N8O2. The fraction of sp³-hybridized carbons (Fsp3) is 0.441. The van der Waals surface area contributed by atoms with Crippen LogP contribution in [0.15, 0.2) is 48.8 Å². The monoisotopic (exact) mass is 628 g/mol. The van der Waals surface area contributed by atoms with Crippen LogP contribution < -0.4 is 15.8 Å². The molecular weight excluding hydrogens is 590 g/mol. The number of nitrogens with two attached hydrogens (primary N) is 1. The summed E-state index contributed by atoms with van der Waals surface area (Å²) in [6, 6.07) is 12.3. The molecule has 3 N–H and O–H groups in total. The molecule has 2 aromatic carbocycles. The highest BCUT2D eigenvalue weighted by molar-refractivity contribution is 6.01. The van der Waals surface area contributed by atoms with Gasteiger partial charge in [0.05, 0.1) is 41.4 Å². The molecule has 5 heterocycles. The quantitative estimate of drug-likeness (QED) is 0.215. The number of nitrogens with one attached hydrogen (secondary N) is 1. The van der Waals surface area contributed by atoms with Gasteiger partial charge in [-0.1, -0.05) is 12.1 Å². The van der Waals surface area contributed by atoms with Gasteiger partial charge in [0.25, 0.3) is 12.3 Å². The Bertz CT molecular complexity index is 1960. The molecule has 0 spiro atoms. The van der Waals surface area contributed by atoms with Gasteiger partial charge >= 0.3 is 0 Å². The zero-order chi connectivity index (χ0) is 31.7. The Balaban J connectivity index is 1.20. The van der Waals surface area contributed by atoms with Gasteiger partial charge in [-0.05, 0) is 68.2 Å². The average Bonchev–Trinajstić information content (AvgIpc) is 3.49. The summed E-state index contributed by atoms with van der Waals surface area (Å²) in [5.74, 6) is 2.30. The van der Waals surface area contributed by atoms with Crippen LogP contribution in [-0.4, -0.2) is 66.9 Å². The van der Waals surface area contributed by atoms with E-state index in [-0.39, 0.29) is 18.0 Å². The number of aryl methyl sites for hydroxylation is 1. The highest BCUT2D eigenvalue weighted by atomic mass is 19.3. The van der Waals surface area contributed by atoms with Crippen LogP contribution in [0.25, 0.3) is 33.5 Å². The second-order valence-corrected chi connectivity index (χ2v) is 13.2. The van der Waals surface area contributed by atoms with Gasteiger partial charge in [0, 0.05) is 49.4 Å². The van der Waals surface area contributed by atoms with E-state index in [1.165, 1.54) is 17.5 Å². The van der Waals surface area contributed by atoms with Crippen molar-refractivity contribution in [1.29, 1.82) is 0 Å². The molecule has 0 radical (unpaired) electrons. The lowest BCUT2D eigenvalue weighted by molar-refractivity contribution is 0.0261. The Kier molecular flexibility index (Phi) is 7.00. The number of rotatable bonds is 9. The van der Waals surface area contributed by atoms with Gasteiger partial charge in [-0.2, -0.15) is 5.10 Å². The predicted molar refractivity (Wildman–Crippen MR) is 173 cm³/mol. The Hall–Kier alpha value is -4.45. The third-order valence-corrected chi connectivity index (χ3v) is 10.1. The van der Waals surface area contributed by atoms with E-state index < -0.39 is 13.0 Å². The molecule has 2 saturated carbocycles. The molecule has 9 rings (SSSR count). The molecule has 0 unspecified atom stereocenters. The number of anilines is 2. The zero-order valence-electron chi connectivity index (χ0n) is 26.0. The number of amides is 1. The number of fused-ring (bicyclic) bond motifs is 5. The van der Waals surface area contributed by atoms with Gasteiger partial charge in [-0.3, -0.25) is 9.48 Å². The molecule has 2 bridgehead atoms. The van der Waals surface area contributed by atoms with Crippen LogP contribution in [0, 0.1) is 11.8 Å². The first kappa shape index (κ1) is 29.0. The minimum Gasteiger partial charge on any atom is -0.494 e. The zero-order valence-corrected chi connectivity index (χ0v) is 26.0. The molecule has 4 aliphatic rings. The number of halogens is 2. The minimum absolute atomic E-state index is 0.00411. The summed E-state index contributed by atoms with van der Waals surface area (Å²) in [7, 11) is 3.61. The van der Waals surface area contributed by atoms with Crippen molar-refractivity contribution in [1.82, 2.24) is 28.8 Å². The summed E-state index contributed by atoms with van der Waals surface area (Å²) in [6.07, 6.45) is 5.95. The third kappa shape index (κ3) is 4.99. The number of carbonyl (C=O) groups excluding carboxylic acids is 1. The molecule has 1 amide bonds. The standard InChI is InChI=1S/C34H38F2N8O2/c1-41-32-27(10-22(12-29(32)46-2)34(45)43-16-21-8-9-24(43)13-25(21)37)40-33(41)28-11-20-4-3-5-26(31(20)44(28)15-19-6-7-19)39-23-14-38-42(17-23)18-30(35)36/h3-5,10-12,14,17,19,21,24-25,30,39H,6-9,13,15-16,18,37H2,1-2H3/t21-,24-,25+/m1/s1. The van der Waals surface area contributed by atoms with E-state index in [4.69, 9.17) is 15.5 Å². The van der Waals surface area contributed by atoms with E-state index in [1.807, 2.05) is 40.8 Å². The SMILES string of the molecule is COc1cc(C(=O)N2C[C@H]3CC[C@@H]2C[C@@H]3N)cc2nc(-c3cc4cccc(Nc5cnn(CC(F)F)c5)c4n3CC3CC3)n(C)c12. The van der Waals surface area contributed by atoms with Crippen LogP contribution in [0.4, 0.5) is 20.2 Å². The third-order valence-electron chi connectivity index (χ3n) is 10.1. The summed E-state index contributed by atoms with van der Waals surface area (Å²) in [5.41, 5.74) is 11.9. The second-order valence-electron chi connectivity index (χ2n) is 13.2. The van der Waals surface area contributed by atoms with Gasteiger partial charge in [-0.25, -0.2) is 13.8 Å². The molecule has 3 aromatic heterocycles. The molecule has 3 atom stereocenters. The van der Waals surface area contributed by atoms with E-state index in [1.54, 1.807) is 19.5 Å². The Morgan fingerprint density at radius 1 is 1.15 bits per heavy atom. The normalized spacial score (nSPS) is 21.2. The molecule has 46 heavy (non-hydrogen) atoms. The number of imidazole rings is 1. The lowest BCUT2D eigenvalue weighted by Crippen LogP contribution is -2.58. The van der Waals surface area contributed by atoms with E-state index in [2.05, 4.69) is 27.1 Å². The van der Waals surface area contributed by atoms with E-state index in [9.17, 15) is 13.6 Å². The van der Waals surface area contributed by atoms with Gasteiger partial charge in [0.1, 0.15) is 17.8 Å². The minimum atomic E-state index is -2.48. The van der Waals surface area contributed by atoms with Crippen LogP contribution in [-0.2, 0) is 20.1 Å². The van der Waals surface area contributed by atoms with Crippen LogP contribution in [0.2, 0.25) is 0 Å². The fourth-order valence-electron chi connectivity index (χ4n) is 7.57. The van der Waals surface area contributed by atoms with Crippen LogP contribution >= 0.6 is 0 Å². The number of piperidine rings is 2. The number of para-hydroxylation sites is 1. The summed E-state index contributed by atoms with van der Waals surface area (Å²) in [4.78, 5) is 21.0. The molecule has 4 fully saturated rings. The lowest BCUT2D eigenvalue weighted by Gasteiger charge is -2.48. The number of ether oxygens (including phenoxy) is 1. The van der Waals surface area contributed by atoms with Crippen LogP contribution in [0.1, 0.15) is 42.5 Å². The smallest absolute Gasteiger partial charge is 0.257 e. The maximum Gasteiger partial charge on any atom is 0.257 e. The average molecular weight is 629 g/mol. The van der Waals surface area contributed by atoms with E-state index in [0.717, 1.165) is 59.4 Å². The Labute approximate surface area is 265 Å². The number of aromatic nitrogens is 5. The molecule has 12 heteroatoms. The van der Waals surface area contributed by atoms with E-state index >= 15 is 0 Å². The summed E-state index contributed by atoms with van der Waals surface area (Å²) in [6.45, 7) is 1.07. The molecule has 2 aliphatic carbocycles. The van der Waals surface area contributed by atoms with Crippen molar-refractivity contribution in [2.45, 2.75) is 63.7 Å². The molecule has 5 aromatic rings. The molecule has 2 aliphatic heterocycles. The summed E-state index contributed by atoms with van der Waals surface area (Å²) in [5, 5.41) is 8.55. The molecule has 10 nitrogen and oxygen atoms in total. The number of nitrogens with zero attached hydrogens (tertiary/aromatic N) is 6. The Morgan fingerprint density at radius 2 is 2.00 bits per heavy atom. The number of hydrogen-bond acceptors (Lipinski definition) is 6. The van der Waals surface area contributed by atoms with Crippen molar-refractivity contribution in [3.05, 3.63) is 54.4 Å². The lowest BCUT2D eigenvalue weighted by atomic mass is 9.76. The first-order chi connectivity index (χ1) is 22.3. The van der Waals surface area contributed by atoms with Crippen molar-refractivity contribution >= 4 is 39.2 Å². The Morgan fingerprint density at radius 3 is 2.72 bits per heavy atom. The fourth-order valence-corrected chi connectivity index (χ4v) is 7.57. The number of methoxy groups -OCH3 is 1. The number of benzene rings is 2. The van der Waals surface area contributed by atoms with Crippen molar-refractivity contribution in [2.75, 3.05) is 19.0 Å². The maximum atomic E-state index is 13.9.